The molecule has 0 aliphatic heterocycles. The molecule has 0 aliphatic rings. The van der Waals surface area contributed by atoms with Crippen molar-refractivity contribution in [3.63, 3.8) is 0 Å². The van der Waals surface area contributed by atoms with Gasteiger partial charge in [-0.1, -0.05) is 6.92 Å². The van der Waals surface area contributed by atoms with Crippen molar-refractivity contribution in [1.82, 2.24) is 4.31 Å². The van der Waals surface area contributed by atoms with Crippen molar-refractivity contribution in [2.45, 2.75) is 13.3 Å². The van der Waals surface area contributed by atoms with Crippen LogP contribution in [0.25, 0.3) is 0 Å². The van der Waals surface area contributed by atoms with Gasteiger partial charge in [-0.15, -0.1) is 15.9 Å². The van der Waals surface area contributed by atoms with Crippen LogP contribution in [-0.2, 0) is 24.0 Å². The summed E-state index contributed by atoms with van der Waals surface area (Å²) in [4.78, 5) is 10.7. The number of carbonyl (C=O) groups excluding carboxylic acids is 1. The zero-order valence-corrected chi connectivity index (χ0v) is 11.0. The average molecular weight is 290 g/mol. The van der Waals surface area contributed by atoms with Crippen LogP contribution in [0.2, 0.25) is 0 Å². The lowest BCUT2D eigenvalue weighted by molar-refractivity contribution is -0.137. The third-order valence-electron chi connectivity index (χ3n) is 1.56. The second-order valence-electron chi connectivity index (χ2n) is 2.97. The van der Waals surface area contributed by atoms with Crippen LogP contribution in [0.4, 0.5) is 0 Å². The molecular formula is C8H16ClNO6S. The number of aliphatic hydroxyl groups excluding tert-OH is 1. The van der Waals surface area contributed by atoms with Gasteiger partial charge in [0.1, 0.15) is 13.3 Å². The Balaban J connectivity index is 4.49. The summed E-state index contributed by atoms with van der Waals surface area (Å²) < 4.78 is 33.0. The molecule has 0 spiro atoms. The summed E-state index contributed by atoms with van der Waals surface area (Å²) in [5.41, 5.74) is 0. The molecule has 0 rings (SSSR count). The maximum atomic E-state index is 11.5. The van der Waals surface area contributed by atoms with E-state index < -0.39 is 22.9 Å². The Morgan fingerprint density at radius 3 is 2.59 bits per heavy atom. The van der Waals surface area contributed by atoms with Gasteiger partial charge in [-0.05, 0) is 6.42 Å². The van der Waals surface area contributed by atoms with Crippen molar-refractivity contribution < 1.29 is 27.2 Å². The lowest BCUT2D eigenvalue weighted by atomic mass is 10.5. The molecule has 0 unspecified atom stereocenters. The summed E-state index contributed by atoms with van der Waals surface area (Å²) in [6, 6.07) is 0. The van der Waals surface area contributed by atoms with Crippen LogP contribution in [0.1, 0.15) is 13.3 Å². The van der Waals surface area contributed by atoms with E-state index in [0.717, 1.165) is 10.7 Å². The number of hydrogen-bond donors (Lipinski definition) is 1. The molecule has 0 atom stereocenters. The number of alkyl halides is 1. The quantitative estimate of drug-likeness (QED) is 0.356. The molecule has 0 aromatic rings. The Kier molecular flexibility index (Phi) is 8.44. The number of rotatable bonds is 9. The van der Waals surface area contributed by atoms with Crippen LogP contribution in [-0.4, -0.2) is 56.2 Å². The molecule has 7 nitrogen and oxygen atoms in total. The monoisotopic (exact) mass is 289 g/mol. The Morgan fingerprint density at radius 1 is 1.47 bits per heavy atom. The first kappa shape index (κ1) is 16.6. The molecule has 0 bridgehead atoms. The average Bonchev–Trinajstić information content (AvgIpc) is 2.27. The van der Waals surface area contributed by atoms with Crippen LogP contribution in [0.5, 0.6) is 0 Å². The van der Waals surface area contributed by atoms with E-state index in [1.165, 1.54) is 0 Å². The van der Waals surface area contributed by atoms with E-state index in [1.54, 1.807) is 0 Å². The number of carbonyl (C=O) groups is 1. The maximum Gasteiger partial charge on any atom is 0.389 e. The van der Waals surface area contributed by atoms with E-state index in [1.807, 2.05) is 6.92 Å². The molecule has 0 fully saturated rings. The Bertz CT molecular complexity index is 320. The van der Waals surface area contributed by atoms with Crippen molar-refractivity contribution in [1.29, 1.82) is 0 Å². The second-order valence-corrected chi connectivity index (χ2v) is 4.89. The first-order chi connectivity index (χ1) is 7.97. The fourth-order valence-corrected chi connectivity index (χ4v) is 2.06. The number of ether oxygens (including phenoxy) is 1. The zero-order valence-electron chi connectivity index (χ0n) is 9.46. The van der Waals surface area contributed by atoms with Crippen LogP contribution in [0, 0.1) is 0 Å². The molecule has 0 aliphatic carbocycles. The normalized spacial score (nSPS) is 11.8. The van der Waals surface area contributed by atoms with E-state index >= 15 is 0 Å². The standard InChI is InChI=1S/C8H16ClNO6S/c1-2-5-15-7-10(4-3-9)17(13,14)16-8(12)6-11/h11H,2-7H2,1H3. The maximum absolute atomic E-state index is 11.5. The van der Waals surface area contributed by atoms with Crippen molar-refractivity contribution in [2.75, 3.05) is 32.4 Å². The van der Waals surface area contributed by atoms with Crippen molar-refractivity contribution in [2.24, 2.45) is 0 Å². The number of nitrogens with zero attached hydrogens (tertiary/aromatic N) is 1. The van der Waals surface area contributed by atoms with Crippen molar-refractivity contribution in [3.8, 4) is 0 Å². The van der Waals surface area contributed by atoms with E-state index in [0.29, 0.717) is 6.61 Å². The molecule has 0 heterocycles. The zero-order chi connectivity index (χ0) is 13.3. The predicted octanol–water partition coefficient (Wildman–Crippen LogP) is -0.308. The van der Waals surface area contributed by atoms with Gasteiger partial charge in [0.25, 0.3) is 0 Å². The molecule has 102 valence electrons. The van der Waals surface area contributed by atoms with Gasteiger partial charge in [0.15, 0.2) is 0 Å². The molecule has 0 aromatic heterocycles. The predicted molar refractivity (Wildman–Crippen MR) is 60.6 cm³/mol. The minimum Gasteiger partial charge on any atom is -0.385 e. The minimum absolute atomic E-state index is 0.0331. The number of halogens is 1. The van der Waals surface area contributed by atoms with Gasteiger partial charge in [-0.3, -0.25) is 0 Å². The number of aliphatic hydroxyl groups is 1. The van der Waals surface area contributed by atoms with Gasteiger partial charge < -0.3 is 14.0 Å². The fourth-order valence-electron chi connectivity index (χ4n) is 0.842. The van der Waals surface area contributed by atoms with Gasteiger partial charge in [-0.25, -0.2) is 4.79 Å². The van der Waals surface area contributed by atoms with Crippen molar-refractivity contribution >= 4 is 27.9 Å². The number of hydrogen-bond acceptors (Lipinski definition) is 6. The van der Waals surface area contributed by atoms with Gasteiger partial charge >= 0.3 is 16.3 Å². The summed E-state index contributed by atoms with van der Waals surface area (Å²) in [7, 11) is -4.26. The highest BCUT2D eigenvalue weighted by atomic mass is 35.5. The molecular weight excluding hydrogens is 274 g/mol. The topological polar surface area (TPSA) is 93.1 Å². The molecule has 0 aromatic carbocycles. The van der Waals surface area contributed by atoms with Crippen LogP contribution < -0.4 is 0 Å². The van der Waals surface area contributed by atoms with E-state index in [-0.39, 0.29) is 19.2 Å². The Hall–Kier alpha value is -0.410. The lowest BCUT2D eigenvalue weighted by Crippen LogP contribution is -2.37. The van der Waals surface area contributed by atoms with Crippen LogP contribution in [0.3, 0.4) is 0 Å². The van der Waals surface area contributed by atoms with Gasteiger partial charge in [-0.2, -0.15) is 8.42 Å². The highest BCUT2D eigenvalue weighted by molar-refractivity contribution is 7.84. The van der Waals surface area contributed by atoms with Crippen molar-refractivity contribution in [3.05, 3.63) is 0 Å². The molecule has 0 radical (unpaired) electrons. The molecule has 0 saturated heterocycles. The second kappa shape index (κ2) is 8.65. The Morgan fingerprint density at radius 2 is 2.12 bits per heavy atom. The summed E-state index contributed by atoms with van der Waals surface area (Å²) in [6.45, 7) is 0.937. The Labute approximate surface area is 106 Å². The van der Waals surface area contributed by atoms with Crippen LogP contribution >= 0.6 is 11.6 Å². The SMILES string of the molecule is CCCOCN(CCCl)S(=O)(=O)OC(=O)CO. The highest BCUT2D eigenvalue weighted by Crippen LogP contribution is 2.05. The fraction of sp³-hybridized carbons (Fsp3) is 0.875. The first-order valence-corrected chi connectivity index (χ1v) is 6.84. The molecule has 1 N–H and O–H groups in total. The highest BCUT2D eigenvalue weighted by Gasteiger charge is 2.26. The third-order valence-corrected chi connectivity index (χ3v) is 3.05. The van der Waals surface area contributed by atoms with Gasteiger partial charge in [0.2, 0.25) is 0 Å². The summed E-state index contributed by atoms with van der Waals surface area (Å²) in [5.74, 6) is -1.22. The van der Waals surface area contributed by atoms with Crippen LogP contribution in [0.15, 0.2) is 0 Å². The van der Waals surface area contributed by atoms with E-state index in [4.69, 9.17) is 21.4 Å². The van der Waals surface area contributed by atoms with Gasteiger partial charge in [0.05, 0.1) is 0 Å². The molecule has 0 saturated carbocycles. The smallest absolute Gasteiger partial charge is 0.385 e. The molecule has 9 heteroatoms. The first-order valence-electron chi connectivity index (χ1n) is 4.94. The lowest BCUT2D eigenvalue weighted by Gasteiger charge is -2.19. The minimum atomic E-state index is -4.26. The summed E-state index contributed by atoms with van der Waals surface area (Å²) in [5, 5.41) is 8.41. The largest absolute Gasteiger partial charge is 0.389 e. The van der Waals surface area contributed by atoms with E-state index in [9.17, 15) is 13.2 Å². The molecule has 0 amide bonds. The summed E-state index contributed by atoms with van der Waals surface area (Å²) >= 11 is 5.43. The summed E-state index contributed by atoms with van der Waals surface area (Å²) in [6.07, 6.45) is 0.727. The molecule has 17 heavy (non-hydrogen) atoms. The third kappa shape index (κ3) is 6.79. The van der Waals surface area contributed by atoms with E-state index in [2.05, 4.69) is 4.18 Å². The van der Waals surface area contributed by atoms with Gasteiger partial charge in [0, 0.05) is 19.0 Å².